The zero-order valence-electron chi connectivity index (χ0n) is 14.2. The van der Waals surface area contributed by atoms with Gasteiger partial charge in [-0.2, -0.15) is 0 Å². The van der Waals surface area contributed by atoms with Gasteiger partial charge in [0.1, 0.15) is 11.3 Å². The van der Waals surface area contributed by atoms with Gasteiger partial charge in [-0.3, -0.25) is 9.69 Å². The summed E-state index contributed by atoms with van der Waals surface area (Å²) in [7, 11) is 0. The summed E-state index contributed by atoms with van der Waals surface area (Å²) in [5, 5.41) is 4.13. The highest BCUT2D eigenvalue weighted by atomic mass is 16.3. The van der Waals surface area contributed by atoms with Crippen LogP contribution in [0, 0.1) is 11.8 Å². The van der Waals surface area contributed by atoms with E-state index in [1.165, 1.54) is 6.42 Å². The quantitative estimate of drug-likeness (QED) is 0.938. The van der Waals surface area contributed by atoms with E-state index in [0.29, 0.717) is 18.4 Å². The lowest BCUT2D eigenvalue weighted by Crippen LogP contribution is -2.44. The molecule has 4 nitrogen and oxygen atoms in total. The summed E-state index contributed by atoms with van der Waals surface area (Å²) in [6.45, 7) is 8.99. The van der Waals surface area contributed by atoms with Gasteiger partial charge in [0.05, 0.1) is 12.6 Å². The number of hydrogen-bond donors (Lipinski definition) is 1. The Labute approximate surface area is 137 Å². The van der Waals surface area contributed by atoms with E-state index in [-0.39, 0.29) is 11.9 Å². The van der Waals surface area contributed by atoms with Crippen molar-refractivity contribution < 1.29 is 9.21 Å². The molecular weight excluding hydrogens is 288 g/mol. The second kappa shape index (κ2) is 6.75. The third-order valence-electron chi connectivity index (χ3n) is 4.56. The standard InChI is InChI=1S/C19H26N2O2/c1-13-8-14(2)11-21(10-13)12-19(22)20-15(3)18-9-16-6-4-5-7-17(16)23-18/h4-7,9,13-15H,8,10-12H2,1-3H3,(H,20,22)/t13-,14-,15-/m1/s1. The van der Waals surface area contributed by atoms with Gasteiger partial charge in [0.15, 0.2) is 0 Å². The van der Waals surface area contributed by atoms with Crippen molar-refractivity contribution in [3.05, 3.63) is 36.1 Å². The minimum atomic E-state index is -0.116. The number of fused-ring (bicyclic) bond motifs is 1. The third kappa shape index (κ3) is 3.94. The van der Waals surface area contributed by atoms with Gasteiger partial charge in [-0.05, 0) is 37.3 Å². The normalized spacial score (nSPS) is 23.8. The van der Waals surface area contributed by atoms with Crippen LogP contribution in [0.15, 0.2) is 34.7 Å². The van der Waals surface area contributed by atoms with Crippen molar-refractivity contribution in [2.75, 3.05) is 19.6 Å². The maximum Gasteiger partial charge on any atom is 0.234 e. The van der Waals surface area contributed by atoms with Gasteiger partial charge in [0.25, 0.3) is 0 Å². The first-order valence-electron chi connectivity index (χ1n) is 8.51. The van der Waals surface area contributed by atoms with E-state index in [1.54, 1.807) is 0 Å². The Hall–Kier alpha value is -1.81. The summed E-state index contributed by atoms with van der Waals surface area (Å²) in [6.07, 6.45) is 1.26. The Kier molecular flexibility index (Phi) is 4.71. The summed E-state index contributed by atoms with van der Waals surface area (Å²) >= 11 is 0. The zero-order chi connectivity index (χ0) is 16.4. The Balaban J connectivity index is 1.58. The van der Waals surface area contributed by atoms with Crippen molar-refractivity contribution in [1.29, 1.82) is 0 Å². The fourth-order valence-electron chi connectivity index (χ4n) is 3.70. The number of carbonyl (C=O) groups is 1. The molecular formula is C19H26N2O2. The van der Waals surface area contributed by atoms with Crippen LogP contribution in [-0.4, -0.2) is 30.4 Å². The SMILES string of the molecule is C[C@@H]1C[C@@H](C)CN(CC(=O)N[C@H](C)c2cc3ccccc3o2)C1. The van der Waals surface area contributed by atoms with Crippen LogP contribution in [0.2, 0.25) is 0 Å². The number of benzene rings is 1. The number of para-hydroxylation sites is 1. The minimum absolute atomic E-state index is 0.0688. The fourth-order valence-corrected chi connectivity index (χ4v) is 3.70. The summed E-state index contributed by atoms with van der Waals surface area (Å²) in [5.74, 6) is 2.21. The number of likely N-dealkylation sites (tertiary alicyclic amines) is 1. The van der Waals surface area contributed by atoms with Crippen LogP contribution in [0.3, 0.4) is 0 Å². The highest BCUT2D eigenvalue weighted by Crippen LogP contribution is 2.24. The number of carbonyl (C=O) groups excluding carboxylic acids is 1. The molecule has 1 aromatic carbocycles. The Bertz CT molecular complexity index is 636. The van der Waals surface area contributed by atoms with E-state index < -0.39 is 0 Å². The number of hydrogen-bond acceptors (Lipinski definition) is 3. The van der Waals surface area contributed by atoms with Crippen LogP contribution in [0.4, 0.5) is 0 Å². The predicted octanol–water partition coefficient (Wildman–Crippen LogP) is 3.59. The molecule has 2 heterocycles. The number of nitrogens with zero attached hydrogens (tertiary/aromatic N) is 1. The lowest BCUT2D eigenvalue weighted by molar-refractivity contribution is -0.123. The van der Waals surface area contributed by atoms with Gasteiger partial charge in [-0.1, -0.05) is 32.0 Å². The summed E-state index contributed by atoms with van der Waals surface area (Å²) in [5.41, 5.74) is 0.863. The zero-order valence-corrected chi connectivity index (χ0v) is 14.2. The molecule has 0 unspecified atom stereocenters. The fraction of sp³-hybridized carbons (Fsp3) is 0.526. The van der Waals surface area contributed by atoms with E-state index in [2.05, 4.69) is 24.1 Å². The average Bonchev–Trinajstić information content (AvgIpc) is 2.89. The smallest absolute Gasteiger partial charge is 0.234 e. The molecule has 1 N–H and O–H groups in total. The number of piperidine rings is 1. The lowest BCUT2D eigenvalue weighted by atomic mass is 9.92. The second-order valence-electron chi connectivity index (χ2n) is 7.12. The van der Waals surface area contributed by atoms with E-state index in [1.807, 2.05) is 37.3 Å². The van der Waals surface area contributed by atoms with E-state index in [0.717, 1.165) is 29.8 Å². The predicted molar refractivity (Wildman–Crippen MR) is 92.2 cm³/mol. The van der Waals surface area contributed by atoms with Crippen LogP contribution in [0.1, 0.15) is 39.0 Å². The van der Waals surface area contributed by atoms with Gasteiger partial charge in [0.2, 0.25) is 5.91 Å². The number of furan rings is 1. The largest absolute Gasteiger partial charge is 0.459 e. The van der Waals surface area contributed by atoms with Gasteiger partial charge < -0.3 is 9.73 Å². The second-order valence-corrected chi connectivity index (χ2v) is 7.12. The maximum atomic E-state index is 12.3. The van der Waals surface area contributed by atoms with Gasteiger partial charge in [0, 0.05) is 18.5 Å². The summed E-state index contributed by atoms with van der Waals surface area (Å²) in [6, 6.07) is 9.80. The van der Waals surface area contributed by atoms with E-state index in [9.17, 15) is 4.79 Å². The van der Waals surface area contributed by atoms with Gasteiger partial charge in [-0.15, -0.1) is 0 Å². The molecule has 1 amide bonds. The molecule has 2 aromatic rings. The molecule has 1 fully saturated rings. The molecule has 0 saturated carbocycles. The first-order valence-corrected chi connectivity index (χ1v) is 8.51. The Morgan fingerprint density at radius 2 is 2.00 bits per heavy atom. The highest BCUT2D eigenvalue weighted by molar-refractivity contribution is 5.80. The van der Waals surface area contributed by atoms with Gasteiger partial charge >= 0.3 is 0 Å². The van der Waals surface area contributed by atoms with Crippen LogP contribution in [-0.2, 0) is 4.79 Å². The molecule has 3 atom stereocenters. The molecule has 0 bridgehead atoms. The van der Waals surface area contributed by atoms with E-state index >= 15 is 0 Å². The molecule has 0 aliphatic carbocycles. The molecule has 0 radical (unpaired) electrons. The molecule has 1 aromatic heterocycles. The summed E-state index contributed by atoms with van der Waals surface area (Å²) < 4.78 is 5.83. The van der Waals surface area contributed by atoms with Crippen molar-refractivity contribution in [2.24, 2.45) is 11.8 Å². The van der Waals surface area contributed by atoms with Crippen molar-refractivity contribution in [3.63, 3.8) is 0 Å². The molecule has 23 heavy (non-hydrogen) atoms. The van der Waals surface area contributed by atoms with E-state index in [4.69, 9.17) is 4.42 Å². The van der Waals surface area contributed by atoms with Gasteiger partial charge in [-0.25, -0.2) is 0 Å². The maximum absolute atomic E-state index is 12.3. The molecule has 0 spiro atoms. The number of rotatable bonds is 4. The summed E-state index contributed by atoms with van der Waals surface area (Å²) in [4.78, 5) is 14.6. The van der Waals surface area contributed by atoms with Crippen molar-refractivity contribution in [2.45, 2.75) is 33.2 Å². The van der Waals surface area contributed by atoms with Crippen molar-refractivity contribution in [3.8, 4) is 0 Å². The Morgan fingerprint density at radius 1 is 1.30 bits per heavy atom. The van der Waals surface area contributed by atoms with Crippen LogP contribution in [0.5, 0.6) is 0 Å². The lowest BCUT2D eigenvalue weighted by Gasteiger charge is -2.34. The van der Waals surface area contributed by atoms with Crippen LogP contribution >= 0.6 is 0 Å². The molecule has 124 valence electrons. The number of nitrogens with one attached hydrogen (secondary N) is 1. The minimum Gasteiger partial charge on any atom is -0.459 e. The Morgan fingerprint density at radius 3 is 2.70 bits per heavy atom. The first-order chi connectivity index (χ1) is 11.0. The first kappa shape index (κ1) is 16.1. The van der Waals surface area contributed by atoms with Crippen LogP contribution in [0.25, 0.3) is 11.0 Å². The topological polar surface area (TPSA) is 45.5 Å². The molecule has 1 saturated heterocycles. The number of amides is 1. The molecule has 1 aliphatic rings. The monoisotopic (exact) mass is 314 g/mol. The van der Waals surface area contributed by atoms with Crippen molar-refractivity contribution >= 4 is 16.9 Å². The van der Waals surface area contributed by atoms with Crippen molar-refractivity contribution in [1.82, 2.24) is 10.2 Å². The molecule has 4 heteroatoms. The van der Waals surface area contributed by atoms with Crippen LogP contribution < -0.4 is 5.32 Å². The average molecular weight is 314 g/mol. The molecule has 3 rings (SSSR count). The third-order valence-corrected chi connectivity index (χ3v) is 4.56. The molecule has 1 aliphatic heterocycles. The highest BCUT2D eigenvalue weighted by Gasteiger charge is 2.24.